The van der Waals surface area contributed by atoms with E-state index >= 15 is 0 Å². The second kappa shape index (κ2) is 5.24. The molecule has 0 aromatic carbocycles. The molecule has 0 bridgehead atoms. The van der Waals surface area contributed by atoms with Gasteiger partial charge in [-0.25, -0.2) is 9.97 Å². The van der Waals surface area contributed by atoms with Crippen molar-refractivity contribution in [1.82, 2.24) is 9.97 Å². The Hall–Kier alpha value is -0.140. The monoisotopic (exact) mass is 367 g/mol. The molecule has 0 radical (unpaired) electrons. The fourth-order valence-corrected chi connectivity index (χ4v) is 2.44. The third-order valence-corrected chi connectivity index (χ3v) is 3.44. The van der Waals surface area contributed by atoms with Crippen LogP contribution in [0.5, 0.6) is 0 Å². The van der Waals surface area contributed by atoms with Gasteiger partial charge < -0.3 is 9.64 Å². The Morgan fingerprint density at radius 2 is 2.18 bits per heavy atom. The van der Waals surface area contributed by atoms with E-state index in [0.29, 0.717) is 5.88 Å². The zero-order chi connectivity index (χ0) is 12.5. The van der Waals surface area contributed by atoms with Gasteiger partial charge >= 0.3 is 0 Å². The molecule has 94 valence electrons. The molecular weight excluding hydrogens is 352 g/mol. The lowest BCUT2D eigenvalue weighted by Gasteiger charge is -2.42. The number of morpholine rings is 1. The molecule has 1 aromatic heterocycles. The van der Waals surface area contributed by atoms with E-state index in [1.54, 1.807) is 0 Å². The van der Waals surface area contributed by atoms with Crippen LogP contribution in [0.2, 0.25) is 0 Å². The van der Waals surface area contributed by atoms with Gasteiger partial charge in [0.1, 0.15) is 0 Å². The lowest BCUT2D eigenvalue weighted by molar-refractivity contribution is -0.0738. The Morgan fingerprint density at radius 3 is 2.76 bits per heavy atom. The molecule has 1 saturated heterocycles. The van der Waals surface area contributed by atoms with E-state index in [2.05, 4.69) is 51.3 Å². The van der Waals surface area contributed by atoms with Crippen LogP contribution in [0, 0.1) is 3.57 Å². The molecule has 0 N–H and O–H groups in total. The first-order valence-electron chi connectivity index (χ1n) is 5.46. The average molecular weight is 368 g/mol. The molecule has 6 heteroatoms. The van der Waals surface area contributed by atoms with Gasteiger partial charge in [-0.3, -0.25) is 0 Å². The van der Waals surface area contributed by atoms with Gasteiger partial charge in [0, 0.05) is 29.1 Å². The van der Waals surface area contributed by atoms with Crippen molar-refractivity contribution in [2.45, 2.75) is 25.6 Å². The molecule has 0 spiro atoms. The van der Waals surface area contributed by atoms with Crippen LogP contribution in [-0.2, 0) is 4.74 Å². The summed E-state index contributed by atoms with van der Waals surface area (Å²) in [6, 6.07) is 0. The largest absolute Gasteiger partial charge is 0.367 e. The first-order chi connectivity index (χ1) is 8.00. The van der Waals surface area contributed by atoms with E-state index in [1.165, 1.54) is 0 Å². The number of ether oxygens (including phenoxy) is 1. The maximum absolute atomic E-state index is 5.89. The van der Waals surface area contributed by atoms with Crippen molar-refractivity contribution in [3.05, 3.63) is 16.0 Å². The van der Waals surface area contributed by atoms with Crippen LogP contribution < -0.4 is 4.90 Å². The number of hydrogen-bond acceptors (Lipinski definition) is 4. The topological polar surface area (TPSA) is 38.2 Å². The smallest absolute Gasteiger partial charge is 0.225 e. The third kappa shape index (κ3) is 3.42. The molecule has 2 rings (SSSR count). The van der Waals surface area contributed by atoms with Crippen molar-refractivity contribution in [1.29, 1.82) is 0 Å². The van der Waals surface area contributed by atoms with Crippen molar-refractivity contribution in [3.8, 4) is 0 Å². The minimum absolute atomic E-state index is 0.0308. The van der Waals surface area contributed by atoms with Gasteiger partial charge in [0.05, 0.1) is 17.6 Å². The molecule has 1 fully saturated rings. The molecule has 0 aliphatic carbocycles. The fourth-order valence-electron chi connectivity index (χ4n) is 2.00. The van der Waals surface area contributed by atoms with Crippen LogP contribution >= 0.6 is 34.2 Å². The van der Waals surface area contributed by atoms with Gasteiger partial charge in [0.25, 0.3) is 0 Å². The highest BCUT2D eigenvalue weighted by molar-refractivity contribution is 14.1. The highest BCUT2D eigenvalue weighted by Crippen LogP contribution is 2.24. The summed E-state index contributed by atoms with van der Waals surface area (Å²) in [5.41, 5.74) is -0.218. The summed E-state index contributed by atoms with van der Waals surface area (Å²) in [5.74, 6) is 1.24. The Labute approximate surface area is 120 Å². The Balaban J connectivity index is 2.17. The van der Waals surface area contributed by atoms with Gasteiger partial charge in [0.2, 0.25) is 5.95 Å². The number of hydrogen-bond donors (Lipinski definition) is 0. The highest BCUT2D eigenvalue weighted by atomic mass is 127. The summed E-state index contributed by atoms with van der Waals surface area (Å²) in [7, 11) is 0. The van der Waals surface area contributed by atoms with E-state index in [0.717, 1.165) is 22.6 Å². The van der Waals surface area contributed by atoms with Crippen LogP contribution in [0.1, 0.15) is 13.8 Å². The maximum atomic E-state index is 5.89. The molecule has 17 heavy (non-hydrogen) atoms. The number of anilines is 1. The van der Waals surface area contributed by atoms with Crippen LogP contribution in [-0.4, -0.2) is 40.6 Å². The molecule has 1 atom stereocenters. The summed E-state index contributed by atoms with van der Waals surface area (Å²) in [4.78, 5) is 10.8. The standard InChI is InChI=1S/C11H15ClIN3O/c1-11(2)7-16(6-9(3-12)17-11)10-14-4-8(13)5-15-10/h4-5,9H,3,6-7H2,1-2H3. The molecule has 4 nitrogen and oxygen atoms in total. The minimum atomic E-state index is -0.218. The second-order valence-corrected chi connectivity index (χ2v) is 6.29. The van der Waals surface area contributed by atoms with Crippen LogP contribution in [0.25, 0.3) is 0 Å². The normalized spacial score (nSPS) is 23.8. The first kappa shape index (κ1) is 13.3. The zero-order valence-electron chi connectivity index (χ0n) is 9.86. The molecule has 1 aliphatic heterocycles. The summed E-state index contributed by atoms with van der Waals surface area (Å²) in [6.07, 6.45) is 3.67. The lowest BCUT2D eigenvalue weighted by atomic mass is 10.1. The quantitative estimate of drug-likeness (QED) is 0.594. The number of alkyl halides is 1. The Morgan fingerprint density at radius 1 is 1.53 bits per heavy atom. The van der Waals surface area contributed by atoms with Gasteiger partial charge in [-0.05, 0) is 36.4 Å². The van der Waals surface area contributed by atoms with Crippen molar-refractivity contribution in [2.75, 3.05) is 23.9 Å². The SMILES string of the molecule is CC1(C)CN(c2ncc(I)cn2)CC(CCl)O1. The molecule has 1 aromatic rings. The molecular formula is C11H15ClIN3O. The zero-order valence-corrected chi connectivity index (χ0v) is 12.8. The van der Waals surface area contributed by atoms with Gasteiger partial charge in [-0.15, -0.1) is 11.6 Å². The molecule has 1 unspecified atom stereocenters. The highest BCUT2D eigenvalue weighted by Gasteiger charge is 2.34. The molecule has 1 aliphatic rings. The van der Waals surface area contributed by atoms with E-state index in [1.807, 2.05) is 12.4 Å². The van der Waals surface area contributed by atoms with Gasteiger partial charge in [-0.1, -0.05) is 0 Å². The van der Waals surface area contributed by atoms with Crippen LogP contribution in [0.4, 0.5) is 5.95 Å². The summed E-state index contributed by atoms with van der Waals surface area (Å²) in [6.45, 7) is 5.64. The van der Waals surface area contributed by atoms with Crippen molar-refractivity contribution >= 4 is 40.1 Å². The average Bonchev–Trinajstić information content (AvgIpc) is 2.27. The van der Waals surface area contributed by atoms with Gasteiger partial charge in [0.15, 0.2) is 0 Å². The number of rotatable bonds is 2. The predicted octanol–water partition coefficient (Wildman–Crippen LogP) is 2.30. The first-order valence-corrected chi connectivity index (χ1v) is 7.08. The summed E-state index contributed by atoms with van der Waals surface area (Å²) < 4.78 is 6.90. The van der Waals surface area contributed by atoms with E-state index < -0.39 is 0 Å². The molecule has 0 saturated carbocycles. The van der Waals surface area contributed by atoms with E-state index in [9.17, 15) is 0 Å². The van der Waals surface area contributed by atoms with Crippen LogP contribution in [0.3, 0.4) is 0 Å². The molecule has 2 heterocycles. The number of aromatic nitrogens is 2. The predicted molar refractivity (Wildman–Crippen MR) is 76.6 cm³/mol. The summed E-state index contributed by atoms with van der Waals surface area (Å²) >= 11 is 8.09. The summed E-state index contributed by atoms with van der Waals surface area (Å²) in [5, 5.41) is 0. The van der Waals surface area contributed by atoms with Crippen LogP contribution in [0.15, 0.2) is 12.4 Å². The maximum Gasteiger partial charge on any atom is 0.225 e. The number of nitrogens with zero attached hydrogens (tertiary/aromatic N) is 3. The Bertz CT molecular complexity index is 385. The third-order valence-electron chi connectivity index (χ3n) is 2.54. The van der Waals surface area contributed by atoms with Crippen molar-refractivity contribution in [2.24, 2.45) is 0 Å². The molecule has 0 amide bonds. The van der Waals surface area contributed by atoms with Gasteiger partial charge in [-0.2, -0.15) is 0 Å². The van der Waals surface area contributed by atoms with Crippen molar-refractivity contribution in [3.63, 3.8) is 0 Å². The van der Waals surface area contributed by atoms with E-state index in [-0.39, 0.29) is 11.7 Å². The second-order valence-electron chi connectivity index (χ2n) is 4.74. The number of halogens is 2. The fraction of sp³-hybridized carbons (Fsp3) is 0.636. The van der Waals surface area contributed by atoms with Crippen molar-refractivity contribution < 1.29 is 4.74 Å². The van der Waals surface area contributed by atoms with E-state index in [4.69, 9.17) is 16.3 Å². The minimum Gasteiger partial charge on any atom is -0.367 e. The Kier molecular flexibility index (Phi) is 4.10. The lowest BCUT2D eigenvalue weighted by Crippen LogP contribution is -2.54.